The van der Waals surface area contributed by atoms with Crippen LogP contribution < -0.4 is 10.1 Å². The molecule has 0 bridgehead atoms. The number of fused-ring (bicyclic) bond motifs is 1. The number of anilines is 1. The lowest BCUT2D eigenvalue weighted by molar-refractivity contribution is -0.121. The average molecular weight is 302 g/mol. The second-order valence-corrected chi connectivity index (χ2v) is 5.76. The van der Waals surface area contributed by atoms with Gasteiger partial charge in [-0.1, -0.05) is 18.2 Å². The molecule has 1 aliphatic rings. The zero-order valence-corrected chi connectivity index (χ0v) is 12.3. The Kier molecular flexibility index (Phi) is 3.70. The molecule has 1 aromatic carbocycles. The standard InChI is InChI=1S/C15H14N2O3S/c1-9(18)12-8-21-15(16-12)17-14(19)11-6-10-4-2-3-5-13(10)20-7-11/h2-5,8,11H,6-7H2,1H3,(H,16,17,19)/t11-/m0/s1. The highest BCUT2D eigenvalue weighted by Crippen LogP contribution is 2.27. The van der Waals surface area contributed by atoms with Gasteiger partial charge < -0.3 is 10.1 Å². The minimum atomic E-state index is -0.246. The highest BCUT2D eigenvalue weighted by Gasteiger charge is 2.26. The molecule has 0 unspecified atom stereocenters. The molecule has 0 spiro atoms. The summed E-state index contributed by atoms with van der Waals surface area (Å²) >= 11 is 1.25. The van der Waals surface area contributed by atoms with E-state index >= 15 is 0 Å². The highest BCUT2D eigenvalue weighted by atomic mass is 32.1. The zero-order valence-electron chi connectivity index (χ0n) is 11.5. The number of nitrogens with zero attached hydrogens (tertiary/aromatic N) is 1. The minimum absolute atomic E-state index is 0.110. The lowest BCUT2D eigenvalue weighted by Crippen LogP contribution is -2.32. The molecule has 1 amide bonds. The van der Waals surface area contributed by atoms with Crippen molar-refractivity contribution >= 4 is 28.2 Å². The number of thiazole rings is 1. The van der Waals surface area contributed by atoms with Crippen molar-refractivity contribution in [2.45, 2.75) is 13.3 Å². The van der Waals surface area contributed by atoms with Crippen LogP contribution in [-0.4, -0.2) is 23.3 Å². The molecule has 6 heteroatoms. The molecule has 0 aliphatic carbocycles. The summed E-state index contributed by atoms with van der Waals surface area (Å²) in [5, 5.41) is 4.85. The van der Waals surface area contributed by atoms with Crippen molar-refractivity contribution in [1.29, 1.82) is 0 Å². The zero-order chi connectivity index (χ0) is 14.8. The molecule has 2 heterocycles. The second kappa shape index (κ2) is 5.65. The number of rotatable bonds is 3. The van der Waals surface area contributed by atoms with Crippen molar-refractivity contribution < 1.29 is 14.3 Å². The molecule has 108 valence electrons. The summed E-state index contributed by atoms with van der Waals surface area (Å²) in [6.07, 6.45) is 0.646. The Morgan fingerprint density at radius 3 is 2.95 bits per heavy atom. The fraction of sp³-hybridized carbons (Fsp3) is 0.267. The third-order valence-electron chi connectivity index (χ3n) is 3.34. The molecule has 0 radical (unpaired) electrons. The number of carbonyl (C=O) groups is 2. The summed E-state index contributed by atoms with van der Waals surface area (Å²) in [4.78, 5) is 27.5. The molecule has 2 aromatic rings. The quantitative estimate of drug-likeness (QED) is 0.885. The van der Waals surface area contributed by atoms with Gasteiger partial charge in [-0.25, -0.2) is 4.98 Å². The van der Waals surface area contributed by atoms with Crippen molar-refractivity contribution in [3.63, 3.8) is 0 Å². The Bertz CT molecular complexity index is 696. The fourth-order valence-corrected chi connectivity index (χ4v) is 2.95. The normalized spacial score (nSPS) is 16.7. The van der Waals surface area contributed by atoms with Crippen LogP contribution in [-0.2, 0) is 11.2 Å². The van der Waals surface area contributed by atoms with Gasteiger partial charge in [0.25, 0.3) is 0 Å². The number of para-hydroxylation sites is 1. The molecule has 0 fully saturated rings. The molecule has 1 atom stereocenters. The van der Waals surface area contributed by atoms with E-state index in [0.717, 1.165) is 11.3 Å². The van der Waals surface area contributed by atoms with Crippen molar-refractivity contribution in [3.05, 3.63) is 40.9 Å². The van der Waals surface area contributed by atoms with Crippen LogP contribution in [0.2, 0.25) is 0 Å². The number of ketones is 1. The number of amides is 1. The van der Waals surface area contributed by atoms with Gasteiger partial charge in [0.15, 0.2) is 10.9 Å². The van der Waals surface area contributed by atoms with Gasteiger partial charge in [0.2, 0.25) is 5.91 Å². The van der Waals surface area contributed by atoms with Crippen LogP contribution in [0.4, 0.5) is 5.13 Å². The Morgan fingerprint density at radius 2 is 2.19 bits per heavy atom. The van der Waals surface area contributed by atoms with E-state index in [4.69, 9.17) is 4.74 Å². The maximum absolute atomic E-state index is 12.2. The number of hydrogen-bond acceptors (Lipinski definition) is 5. The molecule has 1 aliphatic heterocycles. The molecule has 1 aromatic heterocycles. The van der Waals surface area contributed by atoms with Crippen molar-refractivity contribution in [1.82, 2.24) is 4.98 Å². The number of aromatic nitrogens is 1. The molecule has 3 rings (SSSR count). The third-order valence-corrected chi connectivity index (χ3v) is 4.10. The van der Waals surface area contributed by atoms with Crippen LogP contribution in [0, 0.1) is 5.92 Å². The van der Waals surface area contributed by atoms with Crippen LogP contribution in [0.25, 0.3) is 0 Å². The molecular formula is C15H14N2O3S. The van der Waals surface area contributed by atoms with E-state index in [2.05, 4.69) is 10.3 Å². The predicted octanol–water partition coefficient (Wildman–Crippen LogP) is 2.54. The van der Waals surface area contributed by atoms with E-state index in [-0.39, 0.29) is 17.6 Å². The van der Waals surface area contributed by atoms with E-state index < -0.39 is 0 Å². The predicted molar refractivity (Wildman–Crippen MR) is 79.9 cm³/mol. The first-order chi connectivity index (χ1) is 10.1. The Hall–Kier alpha value is -2.21. The summed E-state index contributed by atoms with van der Waals surface area (Å²) in [5.74, 6) is 0.356. The average Bonchev–Trinajstić information content (AvgIpc) is 2.95. The lowest BCUT2D eigenvalue weighted by Gasteiger charge is -2.24. The Balaban J connectivity index is 1.67. The van der Waals surface area contributed by atoms with E-state index in [1.165, 1.54) is 18.3 Å². The third kappa shape index (κ3) is 2.95. The number of Topliss-reactive ketones (excluding diaryl/α,β-unsaturated/α-hetero) is 1. The molecule has 5 nitrogen and oxygen atoms in total. The van der Waals surface area contributed by atoms with Crippen LogP contribution in [0.1, 0.15) is 23.0 Å². The van der Waals surface area contributed by atoms with Crippen LogP contribution in [0.15, 0.2) is 29.6 Å². The van der Waals surface area contributed by atoms with E-state index in [0.29, 0.717) is 23.9 Å². The topological polar surface area (TPSA) is 68.3 Å². The Morgan fingerprint density at radius 1 is 1.38 bits per heavy atom. The van der Waals surface area contributed by atoms with Gasteiger partial charge in [0.1, 0.15) is 18.1 Å². The van der Waals surface area contributed by atoms with Gasteiger partial charge in [-0.15, -0.1) is 11.3 Å². The van der Waals surface area contributed by atoms with E-state index in [9.17, 15) is 9.59 Å². The van der Waals surface area contributed by atoms with Crippen LogP contribution in [0.3, 0.4) is 0 Å². The van der Waals surface area contributed by atoms with Gasteiger partial charge >= 0.3 is 0 Å². The van der Waals surface area contributed by atoms with Gasteiger partial charge in [0, 0.05) is 12.3 Å². The number of ether oxygens (including phenoxy) is 1. The molecule has 0 saturated carbocycles. The fourth-order valence-electron chi connectivity index (χ4n) is 2.20. The number of nitrogens with one attached hydrogen (secondary N) is 1. The Labute approximate surface area is 126 Å². The first kappa shape index (κ1) is 13.8. The van der Waals surface area contributed by atoms with Gasteiger partial charge in [-0.3, -0.25) is 9.59 Å². The van der Waals surface area contributed by atoms with E-state index in [1.807, 2.05) is 24.3 Å². The molecular weight excluding hydrogens is 288 g/mol. The monoisotopic (exact) mass is 302 g/mol. The maximum Gasteiger partial charge on any atom is 0.233 e. The summed E-state index contributed by atoms with van der Waals surface area (Å²) in [7, 11) is 0. The largest absolute Gasteiger partial charge is 0.492 e. The van der Waals surface area contributed by atoms with Crippen LogP contribution >= 0.6 is 11.3 Å². The first-order valence-electron chi connectivity index (χ1n) is 6.61. The maximum atomic E-state index is 12.2. The summed E-state index contributed by atoms with van der Waals surface area (Å²) in [6, 6.07) is 7.72. The molecule has 21 heavy (non-hydrogen) atoms. The number of hydrogen-bond donors (Lipinski definition) is 1. The molecule has 1 N–H and O–H groups in total. The van der Waals surface area contributed by atoms with Gasteiger partial charge in [-0.2, -0.15) is 0 Å². The number of carbonyl (C=O) groups excluding carboxylic acids is 2. The first-order valence-corrected chi connectivity index (χ1v) is 7.49. The SMILES string of the molecule is CC(=O)c1csc(NC(=O)[C@@H]2COc3ccccc3C2)n1. The van der Waals surface area contributed by atoms with Gasteiger partial charge in [-0.05, 0) is 18.1 Å². The summed E-state index contributed by atoms with van der Waals surface area (Å²) < 4.78 is 5.61. The summed E-state index contributed by atoms with van der Waals surface area (Å²) in [5.41, 5.74) is 1.41. The lowest BCUT2D eigenvalue weighted by atomic mass is 9.96. The number of benzene rings is 1. The van der Waals surface area contributed by atoms with Crippen molar-refractivity contribution in [2.75, 3.05) is 11.9 Å². The van der Waals surface area contributed by atoms with Gasteiger partial charge in [0.05, 0.1) is 5.92 Å². The van der Waals surface area contributed by atoms with Crippen molar-refractivity contribution in [3.8, 4) is 5.75 Å². The minimum Gasteiger partial charge on any atom is -0.492 e. The summed E-state index contributed by atoms with van der Waals surface area (Å²) in [6.45, 7) is 1.81. The van der Waals surface area contributed by atoms with Crippen LogP contribution in [0.5, 0.6) is 5.75 Å². The highest BCUT2D eigenvalue weighted by molar-refractivity contribution is 7.14. The molecule has 0 saturated heterocycles. The van der Waals surface area contributed by atoms with Crippen molar-refractivity contribution in [2.24, 2.45) is 5.92 Å². The van der Waals surface area contributed by atoms with E-state index in [1.54, 1.807) is 5.38 Å². The smallest absolute Gasteiger partial charge is 0.233 e. The second-order valence-electron chi connectivity index (χ2n) is 4.90.